The number of fused-ring (bicyclic) bond motifs is 1. The summed E-state index contributed by atoms with van der Waals surface area (Å²) in [4.78, 5) is 11.9. The summed E-state index contributed by atoms with van der Waals surface area (Å²) in [6.45, 7) is 4.23. The Balaban J connectivity index is 2.32. The van der Waals surface area contributed by atoms with E-state index in [1.165, 1.54) is 11.1 Å². The number of carbonyl (C=O) groups excluding carboxylic acids is 1. The molecule has 1 unspecified atom stereocenters. The van der Waals surface area contributed by atoms with Crippen LogP contribution < -0.4 is 0 Å². The summed E-state index contributed by atoms with van der Waals surface area (Å²) in [6, 6.07) is 8.38. The van der Waals surface area contributed by atoms with Crippen molar-refractivity contribution >= 4 is 11.5 Å². The fourth-order valence-electron chi connectivity index (χ4n) is 2.48. The van der Waals surface area contributed by atoms with Crippen LogP contribution in [0.15, 0.2) is 30.3 Å². The van der Waals surface area contributed by atoms with Gasteiger partial charge in [-0.05, 0) is 49.8 Å². The van der Waals surface area contributed by atoms with Gasteiger partial charge in [0, 0.05) is 0 Å². The minimum Gasteiger partial charge on any atom is -0.466 e. The number of benzene rings is 1. The molecule has 0 saturated carbocycles. The second kappa shape index (κ2) is 5.85. The van der Waals surface area contributed by atoms with Gasteiger partial charge in [-0.1, -0.05) is 30.3 Å². The van der Waals surface area contributed by atoms with Gasteiger partial charge in [-0.2, -0.15) is 0 Å². The van der Waals surface area contributed by atoms with Crippen molar-refractivity contribution in [3.63, 3.8) is 0 Å². The molecule has 0 spiro atoms. The van der Waals surface area contributed by atoms with Crippen molar-refractivity contribution in [1.29, 1.82) is 0 Å². The molecular weight excluding hydrogens is 224 g/mol. The molecule has 18 heavy (non-hydrogen) atoms. The summed E-state index contributed by atoms with van der Waals surface area (Å²) in [5, 5.41) is 0. The summed E-state index contributed by atoms with van der Waals surface area (Å²) in [5.74, 6) is -0.301. The molecule has 2 heteroatoms. The maximum atomic E-state index is 11.9. The molecular formula is C16H20O2. The van der Waals surface area contributed by atoms with Crippen molar-refractivity contribution in [3.05, 3.63) is 41.5 Å². The first-order valence-corrected chi connectivity index (χ1v) is 6.69. The molecule has 0 aliphatic heterocycles. The number of aryl methyl sites for hydroxylation is 1. The lowest BCUT2D eigenvalue weighted by atomic mass is 9.91. The van der Waals surface area contributed by atoms with Gasteiger partial charge in [0.25, 0.3) is 0 Å². The third kappa shape index (κ3) is 2.63. The quantitative estimate of drug-likeness (QED) is 0.759. The monoisotopic (exact) mass is 244 g/mol. The van der Waals surface area contributed by atoms with Gasteiger partial charge < -0.3 is 4.74 Å². The van der Waals surface area contributed by atoms with E-state index in [-0.39, 0.29) is 11.9 Å². The van der Waals surface area contributed by atoms with Gasteiger partial charge in [0.05, 0.1) is 12.5 Å². The highest BCUT2D eigenvalue weighted by Crippen LogP contribution is 2.31. The van der Waals surface area contributed by atoms with Crippen LogP contribution in [0, 0.1) is 5.92 Å². The summed E-state index contributed by atoms with van der Waals surface area (Å²) in [5.41, 5.74) is 3.69. The molecule has 1 aromatic carbocycles. The van der Waals surface area contributed by atoms with E-state index in [2.05, 4.69) is 24.3 Å². The molecule has 0 fully saturated rings. The molecule has 1 aliphatic carbocycles. The third-order valence-electron chi connectivity index (χ3n) is 3.45. The van der Waals surface area contributed by atoms with Crippen LogP contribution in [0.4, 0.5) is 0 Å². The summed E-state index contributed by atoms with van der Waals surface area (Å²) in [6.07, 6.45) is 5.48. The Morgan fingerprint density at radius 2 is 2.17 bits per heavy atom. The Kier molecular flexibility index (Phi) is 4.19. The number of allylic oxidation sites excluding steroid dienone is 1. The van der Waals surface area contributed by atoms with E-state index in [0.29, 0.717) is 6.61 Å². The van der Waals surface area contributed by atoms with E-state index in [0.717, 1.165) is 24.8 Å². The Morgan fingerprint density at radius 1 is 1.39 bits per heavy atom. The Bertz CT molecular complexity index is 460. The summed E-state index contributed by atoms with van der Waals surface area (Å²) < 4.78 is 5.13. The van der Waals surface area contributed by atoms with E-state index in [9.17, 15) is 4.79 Å². The minimum atomic E-state index is -0.177. The lowest BCUT2D eigenvalue weighted by molar-refractivity contribution is -0.145. The standard InChI is InChI=1S/C16H20O2/c1-3-18-16(17)12(2)14-10-6-4-8-13-9-5-7-11-15(13)14/h5,7,9-12H,3-4,6,8H2,1-2H3. The van der Waals surface area contributed by atoms with Crippen molar-refractivity contribution in [2.75, 3.05) is 6.61 Å². The molecule has 1 aliphatic rings. The normalized spacial score (nSPS) is 16.2. The Morgan fingerprint density at radius 3 is 2.94 bits per heavy atom. The number of hydrogen-bond donors (Lipinski definition) is 0. The number of rotatable bonds is 3. The molecule has 0 amide bonds. The number of ether oxygens (including phenoxy) is 1. The van der Waals surface area contributed by atoms with Crippen LogP contribution in [0.5, 0.6) is 0 Å². The topological polar surface area (TPSA) is 26.3 Å². The molecule has 2 nitrogen and oxygen atoms in total. The van der Waals surface area contributed by atoms with Crippen LogP contribution >= 0.6 is 0 Å². The fraction of sp³-hybridized carbons (Fsp3) is 0.438. The van der Waals surface area contributed by atoms with Crippen molar-refractivity contribution in [1.82, 2.24) is 0 Å². The van der Waals surface area contributed by atoms with E-state index in [1.54, 1.807) is 0 Å². The molecule has 0 saturated heterocycles. The van der Waals surface area contributed by atoms with Crippen molar-refractivity contribution in [2.45, 2.75) is 33.1 Å². The molecule has 96 valence electrons. The average molecular weight is 244 g/mol. The predicted molar refractivity (Wildman–Crippen MR) is 73.2 cm³/mol. The lowest BCUT2D eigenvalue weighted by Crippen LogP contribution is -2.16. The van der Waals surface area contributed by atoms with Gasteiger partial charge in [0.1, 0.15) is 0 Å². The van der Waals surface area contributed by atoms with Crippen molar-refractivity contribution in [2.24, 2.45) is 5.92 Å². The predicted octanol–water partition coefficient (Wildman–Crippen LogP) is 3.61. The van der Waals surface area contributed by atoms with E-state index in [4.69, 9.17) is 4.74 Å². The second-order valence-electron chi connectivity index (χ2n) is 4.68. The number of carbonyl (C=O) groups is 1. The highest BCUT2D eigenvalue weighted by atomic mass is 16.5. The molecule has 0 heterocycles. The van der Waals surface area contributed by atoms with Gasteiger partial charge in [-0.25, -0.2) is 0 Å². The first kappa shape index (κ1) is 12.9. The van der Waals surface area contributed by atoms with Crippen LogP contribution in [-0.2, 0) is 16.0 Å². The maximum absolute atomic E-state index is 11.9. The van der Waals surface area contributed by atoms with Gasteiger partial charge in [-0.3, -0.25) is 4.79 Å². The van der Waals surface area contributed by atoms with Crippen LogP contribution in [0.25, 0.3) is 5.57 Å². The first-order valence-electron chi connectivity index (χ1n) is 6.69. The maximum Gasteiger partial charge on any atom is 0.313 e. The SMILES string of the molecule is CCOC(=O)C(C)C1=CCCCc2ccccc21. The Labute approximate surface area is 109 Å². The van der Waals surface area contributed by atoms with Crippen LogP contribution in [0.3, 0.4) is 0 Å². The van der Waals surface area contributed by atoms with E-state index in [1.807, 2.05) is 19.9 Å². The van der Waals surface area contributed by atoms with Crippen LogP contribution in [-0.4, -0.2) is 12.6 Å². The molecule has 1 aromatic rings. The number of hydrogen-bond acceptors (Lipinski definition) is 2. The first-order chi connectivity index (χ1) is 8.74. The molecule has 0 aromatic heterocycles. The number of esters is 1. The molecule has 0 bridgehead atoms. The zero-order valence-electron chi connectivity index (χ0n) is 11.1. The smallest absolute Gasteiger partial charge is 0.313 e. The zero-order chi connectivity index (χ0) is 13.0. The molecule has 0 radical (unpaired) electrons. The summed E-state index contributed by atoms with van der Waals surface area (Å²) >= 11 is 0. The lowest BCUT2D eigenvalue weighted by Gasteiger charge is -2.16. The van der Waals surface area contributed by atoms with Gasteiger partial charge >= 0.3 is 5.97 Å². The Hall–Kier alpha value is -1.57. The molecule has 1 atom stereocenters. The molecule has 0 N–H and O–H groups in total. The van der Waals surface area contributed by atoms with Gasteiger partial charge in [0.15, 0.2) is 0 Å². The van der Waals surface area contributed by atoms with Gasteiger partial charge in [0.2, 0.25) is 0 Å². The summed E-state index contributed by atoms with van der Waals surface area (Å²) in [7, 11) is 0. The fourth-order valence-corrected chi connectivity index (χ4v) is 2.48. The average Bonchev–Trinajstić information content (AvgIpc) is 2.60. The van der Waals surface area contributed by atoms with Gasteiger partial charge in [-0.15, -0.1) is 0 Å². The largest absolute Gasteiger partial charge is 0.466 e. The highest BCUT2D eigenvalue weighted by Gasteiger charge is 2.22. The van der Waals surface area contributed by atoms with Crippen LogP contribution in [0.2, 0.25) is 0 Å². The second-order valence-corrected chi connectivity index (χ2v) is 4.68. The van der Waals surface area contributed by atoms with Crippen LogP contribution in [0.1, 0.15) is 37.8 Å². The van der Waals surface area contributed by atoms with Crippen molar-refractivity contribution < 1.29 is 9.53 Å². The third-order valence-corrected chi connectivity index (χ3v) is 3.45. The van der Waals surface area contributed by atoms with E-state index < -0.39 is 0 Å². The minimum absolute atomic E-state index is 0.125. The highest BCUT2D eigenvalue weighted by molar-refractivity contribution is 5.89. The molecule has 2 rings (SSSR count). The van der Waals surface area contributed by atoms with Crippen molar-refractivity contribution in [3.8, 4) is 0 Å². The zero-order valence-corrected chi connectivity index (χ0v) is 11.1. The van der Waals surface area contributed by atoms with E-state index >= 15 is 0 Å².